The summed E-state index contributed by atoms with van der Waals surface area (Å²) in [6.07, 6.45) is 4.64. The van der Waals surface area contributed by atoms with Crippen LogP contribution in [-0.2, 0) is 16.0 Å². The van der Waals surface area contributed by atoms with Gasteiger partial charge in [-0.05, 0) is 38.3 Å². The van der Waals surface area contributed by atoms with Crippen LogP contribution in [0.25, 0.3) is 10.9 Å². The van der Waals surface area contributed by atoms with E-state index in [-0.39, 0.29) is 18.1 Å². The lowest BCUT2D eigenvalue weighted by Crippen LogP contribution is -2.50. The molecule has 1 N–H and O–H groups in total. The van der Waals surface area contributed by atoms with Gasteiger partial charge in [0.25, 0.3) is 0 Å². The largest absolute Gasteiger partial charge is 0.375 e. The molecule has 0 unspecified atom stereocenters. The molecule has 2 atom stereocenters. The molecule has 22 heavy (non-hydrogen) atoms. The average molecular weight is 300 g/mol. The number of hydrogen-bond donors (Lipinski definition) is 1. The summed E-state index contributed by atoms with van der Waals surface area (Å²) >= 11 is 0. The Kier molecular flexibility index (Phi) is 4.48. The molecule has 118 valence electrons. The Bertz CT molecular complexity index is 649. The van der Waals surface area contributed by atoms with Crippen LogP contribution >= 0.6 is 0 Å². The quantitative estimate of drug-likeness (QED) is 0.943. The maximum absolute atomic E-state index is 12.4. The van der Waals surface area contributed by atoms with Gasteiger partial charge in [-0.2, -0.15) is 0 Å². The summed E-state index contributed by atoms with van der Waals surface area (Å²) in [4.78, 5) is 17.7. The van der Waals surface area contributed by atoms with Crippen LogP contribution in [0.4, 0.5) is 0 Å². The van der Waals surface area contributed by atoms with Gasteiger partial charge < -0.3 is 14.6 Å². The molecular weight excluding hydrogens is 276 g/mol. The predicted molar refractivity (Wildman–Crippen MR) is 87.8 cm³/mol. The van der Waals surface area contributed by atoms with Crippen LogP contribution in [0.2, 0.25) is 0 Å². The van der Waals surface area contributed by atoms with E-state index in [9.17, 15) is 4.79 Å². The zero-order valence-electron chi connectivity index (χ0n) is 13.3. The molecule has 1 aromatic carbocycles. The third-order valence-electron chi connectivity index (χ3n) is 4.44. The third-order valence-corrected chi connectivity index (χ3v) is 4.44. The summed E-state index contributed by atoms with van der Waals surface area (Å²) in [5.41, 5.74) is 2.46. The summed E-state index contributed by atoms with van der Waals surface area (Å²) in [6.45, 7) is 5.45. The molecule has 1 aliphatic heterocycles. The Balaban J connectivity index is 1.55. The number of para-hydroxylation sites is 1. The van der Waals surface area contributed by atoms with E-state index < -0.39 is 0 Å². The van der Waals surface area contributed by atoms with Crippen molar-refractivity contribution in [1.82, 2.24) is 9.88 Å². The Morgan fingerprint density at radius 1 is 1.36 bits per heavy atom. The Labute approximate surface area is 131 Å². The first-order valence-electron chi connectivity index (χ1n) is 8.11. The first-order chi connectivity index (χ1) is 10.6. The average Bonchev–Trinajstić information content (AvgIpc) is 2.93. The molecule has 4 heteroatoms. The highest BCUT2D eigenvalue weighted by molar-refractivity contribution is 5.83. The van der Waals surface area contributed by atoms with E-state index in [1.54, 1.807) is 0 Å². The number of rotatable bonds is 4. The number of nitrogens with zero attached hydrogens (tertiary/aromatic N) is 1. The molecule has 2 heterocycles. The van der Waals surface area contributed by atoms with E-state index in [1.165, 1.54) is 16.5 Å². The van der Waals surface area contributed by atoms with Gasteiger partial charge in [-0.3, -0.25) is 4.79 Å². The van der Waals surface area contributed by atoms with E-state index in [2.05, 4.69) is 36.3 Å². The lowest BCUT2D eigenvalue weighted by Gasteiger charge is -2.36. The number of carbonyl (C=O) groups excluding carboxylic acids is 1. The Morgan fingerprint density at radius 2 is 2.18 bits per heavy atom. The van der Waals surface area contributed by atoms with Gasteiger partial charge in [0.1, 0.15) is 0 Å². The number of H-pyrrole nitrogens is 1. The number of nitrogens with one attached hydrogen (secondary N) is 1. The number of aromatic nitrogens is 1. The highest BCUT2D eigenvalue weighted by Crippen LogP contribution is 2.20. The van der Waals surface area contributed by atoms with Crippen molar-refractivity contribution in [3.05, 3.63) is 36.0 Å². The van der Waals surface area contributed by atoms with Gasteiger partial charge in [0.2, 0.25) is 5.91 Å². The first-order valence-corrected chi connectivity index (χ1v) is 8.11. The minimum absolute atomic E-state index is 0.147. The van der Waals surface area contributed by atoms with Crippen molar-refractivity contribution in [2.45, 2.75) is 45.3 Å². The molecule has 1 saturated heterocycles. The van der Waals surface area contributed by atoms with E-state index >= 15 is 0 Å². The zero-order valence-corrected chi connectivity index (χ0v) is 13.3. The zero-order chi connectivity index (χ0) is 15.5. The monoisotopic (exact) mass is 300 g/mol. The van der Waals surface area contributed by atoms with Crippen LogP contribution in [0, 0.1) is 0 Å². The molecule has 1 fully saturated rings. The van der Waals surface area contributed by atoms with Crippen molar-refractivity contribution < 1.29 is 9.53 Å². The smallest absolute Gasteiger partial charge is 0.222 e. The second-order valence-electron chi connectivity index (χ2n) is 6.25. The normalized spacial score (nSPS) is 22.2. The topological polar surface area (TPSA) is 45.3 Å². The van der Waals surface area contributed by atoms with Crippen LogP contribution in [0.5, 0.6) is 0 Å². The number of ether oxygens (including phenoxy) is 1. The number of hydrogen-bond acceptors (Lipinski definition) is 2. The molecule has 0 aliphatic carbocycles. The van der Waals surface area contributed by atoms with Gasteiger partial charge in [-0.15, -0.1) is 0 Å². The summed E-state index contributed by atoms with van der Waals surface area (Å²) in [7, 11) is 0. The fraction of sp³-hybridized carbons (Fsp3) is 0.500. The molecule has 0 radical (unpaired) electrons. The minimum Gasteiger partial charge on any atom is -0.375 e. The number of aromatic amines is 1. The van der Waals surface area contributed by atoms with E-state index in [1.807, 2.05) is 17.9 Å². The van der Waals surface area contributed by atoms with Gasteiger partial charge in [0, 0.05) is 30.1 Å². The number of amides is 1. The van der Waals surface area contributed by atoms with E-state index in [0.29, 0.717) is 19.6 Å². The van der Waals surface area contributed by atoms with Crippen molar-refractivity contribution in [3.8, 4) is 0 Å². The maximum atomic E-state index is 12.4. The molecule has 0 spiro atoms. The molecule has 0 bridgehead atoms. The molecular formula is C18H24N2O2. The number of carbonyl (C=O) groups is 1. The van der Waals surface area contributed by atoms with E-state index in [4.69, 9.17) is 4.74 Å². The van der Waals surface area contributed by atoms with Crippen LogP contribution in [-0.4, -0.2) is 41.1 Å². The van der Waals surface area contributed by atoms with Crippen LogP contribution in [0.15, 0.2) is 30.5 Å². The van der Waals surface area contributed by atoms with Gasteiger partial charge in [0.05, 0.1) is 18.8 Å². The fourth-order valence-electron chi connectivity index (χ4n) is 3.16. The molecule has 4 nitrogen and oxygen atoms in total. The van der Waals surface area contributed by atoms with Crippen molar-refractivity contribution in [1.29, 1.82) is 0 Å². The van der Waals surface area contributed by atoms with Crippen molar-refractivity contribution in [2.24, 2.45) is 0 Å². The highest BCUT2D eigenvalue weighted by Gasteiger charge is 2.26. The van der Waals surface area contributed by atoms with Crippen LogP contribution in [0.3, 0.4) is 0 Å². The number of fused-ring (bicyclic) bond motifs is 1. The Hall–Kier alpha value is -1.81. The summed E-state index contributed by atoms with van der Waals surface area (Å²) in [5.74, 6) is 0.252. The van der Waals surface area contributed by atoms with Gasteiger partial charge >= 0.3 is 0 Å². The molecule has 1 aromatic heterocycles. The summed E-state index contributed by atoms with van der Waals surface area (Å²) in [5, 5.41) is 1.27. The van der Waals surface area contributed by atoms with Gasteiger partial charge in [-0.1, -0.05) is 18.2 Å². The number of morpholine rings is 1. The predicted octanol–water partition coefficient (Wildman–Crippen LogP) is 3.13. The molecule has 3 rings (SSSR count). The number of benzene rings is 1. The highest BCUT2D eigenvalue weighted by atomic mass is 16.5. The van der Waals surface area contributed by atoms with Gasteiger partial charge in [-0.25, -0.2) is 0 Å². The summed E-state index contributed by atoms with van der Waals surface area (Å²) in [6, 6.07) is 8.50. The lowest BCUT2D eigenvalue weighted by atomic mass is 10.1. The SMILES string of the molecule is C[C@H]1CN(C(=O)CCCc2c[nH]c3ccccc23)[C@@H](C)CO1. The van der Waals surface area contributed by atoms with Crippen LogP contribution in [0.1, 0.15) is 32.3 Å². The third kappa shape index (κ3) is 3.17. The summed E-state index contributed by atoms with van der Waals surface area (Å²) < 4.78 is 5.58. The second-order valence-corrected chi connectivity index (χ2v) is 6.25. The fourth-order valence-corrected chi connectivity index (χ4v) is 3.16. The molecule has 2 aromatic rings. The minimum atomic E-state index is 0.147. The van der Waals surface area contributed by atoms with Crippen molar-refractivity contribution >= 4 is 16.8 Å². The molecule has 1 aliphatic rings. The number of aryl methyl sites for hydroxylation is 1. The second kappa shape index (κ2) is 6.53. The maximum Gasteiger partial charge on any atom is 0.222 e. The van der Waals surface area contributed by atoms with Crippen LogP contribution < -0.4 is 0 Å². The lowest BCUT2D eigenvalue weighted by molar-refractivity contribution is -0.143. The van der Waals surface area contributed by atoms with Crippen molar-refractivity contribution in [2.75, 3.05) is 13.2 Å². The molecule has 0 saturated carbocycles. The molecule has 1 amide bonds. The van der Waals surface area contributed by atoms with Crippen molar-refractivity contribution in [3.63, 3.8) is 0 Å². The first kappa shape index (κ1) is 15.1. The van der Waals surface area contributed by atoms with Gasteiger partial charge in [0.15, 0.2) is 0 Å². The Morgan fingerprint density at radius 3 is 3.05 bits per heavy atom. The van der Waals surface area contributed by atoms with E-state index in [0.717, 1.165) is 12.8 Å². The standard InChI is InChI=1S/C18H24N2O2/c1-13-12-22-14(2)11-20(13)18(21)9-5-6-15-10-19-17-8-4-3-7-16(15)17/h3-4,7-8,10,13-14,19H,5-6,9,11-12H2,1-2H3/t13-,14-/m0/s1.